The number of hydrogen-bond donors (Lipinski definition) is 0. The smallest absolute Gasteiger partial charge is 0.0894 e. The normalized spacial score (nSPS) is 11.3. The zero-order valence-corrected chi connectivity index (χ0v) is 19.1. The highest BCUT2D eigenvalue weighted by molar-refractivity contribution is 5.89. The van der Waals surface area contributed by atoms with Crippen LogP contribution in [0.2, 0.25) is 0 Å². The highest BCUT2D eigenvalue weighted by Gasteiger charge is 2.02. The number of fused-ring (bicyclic) bond motifs is 18. The standard InChI is InChI=1S/C30H18N6/c1-7-19-21-9-2-11-23(32-21)25-13-4-15-27(34-25)29-17-6-18-30(36-29)28-16-5-14-26(35-28)24-12-3-10-22(33-24)20(8-1)31-19/h1-18H. The van der Waals surface area contributed by atoms with Crippen LogP contribution in [0.25, 0.3) is 66.2 Å². The molecule has 0 fully saturated rings. The summed E-state index contributed by atoms with van der Waals surface area (Å²) in [5, 5.41) is 0. The van der Waals surface area contributed by atoms with Crippen molar-refractivity contribution in [1.29, 1.82) is 0 Å². The predicted octanol–water partition coefficient (Wildman–Crippen LogP) is 6.66. The van der Waals surface area contributed by atoms with Gasteiger partial charge in [0.15, 0.2) is 0 Å². The third-order valence-electron chi connectivity index (χ3n) is 6.07. The molecule has 36 heavy (non-hydrogen) atoms. The maximum Gasteiger partial charge on any atom is 0.0894 e. The quantitative estimate of drug-likeness (QED) is 0.251. The van der Waals surface area contributed by atoms with E-state index in [2.05, 4.69) is 0 Å². The van der Waals surface area contributed by atoms with Gasteiger partial charge in [0, 0.05) is 0 Å². The molecule has 6 heteroatoms. The Bertz CT molecular complexity index is 1560. The van der Waals surface area contributed by atoms with Gasteiger partial charge in [-0.2, -0.15) is 0 Å². The fraction of sp³-hybridized carbons (Fsp3) is 0. The minimum Gasteiger partial charge on any atom is -0.245 e. The zero-order valence-electron chi connectivity index (χ0n) is 19.1. The summed E-state index contributed by atoms with van der Waals surface area (Å²) in [4.78, 5) is 29.3. The summed E-state index contributed by atoms with van der Waals surface area (Å²) in [5.41, 5.74) is 9.26. The van der Waals surface area contributed by atoms with Crippen LogP contribution in [0.5, 0.6) is 0 Å². The molecular formula is C30H18N6. The van der Waals surface area contributed by atoms with Gasteiger partial charge in [0.1, 0.15) is 0 Å². The number of nitrogens with zero attached hydrogens (tertiary/aromatic N) is 6. The minimum absolute atomic E-state index is 0.772. The number of pyridine rings is 6. The van der Waals surface area contributed by atoms with Crippen LogP contribution in [0.4, 0.5) is 0 Å². The van der Waals surface area contributed by atoms with Gasteiger partial charge < -0.3 is 0 Å². The van der Waals surface area contributed by atoms with Gasteiger partial charge in [-0.25, -0.2) is 29.9 Å². The molecule has 0 aromatic carbocycles. The first-order valence-corrected chi connectivity index (χ1v) is 11.6. The van der Waals surface area contributed by atoms with Crippen LogP contribution in [0.3, 0.4) is 0 Å². The molecule has 7 rings (SSSR count). The average Bonchev–Trinajstić information content (AvgIpc) is 2.97. The van der Waals surface area contributed by atoms with E-state index in [9.17, 15) is 0 Å². The van der Waals surface area contributed by atoms with Crippen LogP contribution >= 0.6 is 0 Å². The molecule has 6 nitrogen and oxygen atoms in total. The number of aromatic nitrogens is 6. The maximum absolute atomic E-state index is 4.89. The van der Waals surface area contributed by atoms with Crippen molar-refractivity contribution in [3.8, 4) is 0 Å². The summed E-state index contributed by atoms with van der Waals surface area (Å²) in [5.74, 6) is 0. The van der Waals surface area contributed by atoms with Crippen molar-refractivity contribution in [2.45, 2.75) is 0 Å². The third-order valence-corrected chi connectivity index (χ3v) is 6.07. The van der Waals surface area contributed by atoms with Gasteiger partial charge in [-0.05, 0) is 72.8 Å². The fourth-order valence-corrected chi connectivity index (χ4v) is 4.32. The Hall–Kier alpha value is -5.10. The van der Waals surface area contributed by atoms with Crippen molar-refractivity contribution >= 4 is 66.2 Å². The Morgan fingerprint density at radius 2 is 0.306 bits per heavy atom. The van der Waals surface area contributed by atoms with E-state index < -0.39 is 0 Å². The Balaban J connectivity index is 1.72. The Kier molecular flexibility index (Phi) is 4.67. The summed E-state index contributed by atoms with van der Waals surface area (Å²) < 4.78 is 0. The molecule has 12 bridgehead atoms. The molecule has 0 radical (unpaired) electrons. The largest absolute Gasteiger partial charge is 0.245 e. The van der Waals surface area contributed by atoms with Crippen LogP contribution in [-0.2, 0) is 0 Å². The van der Waals surface area contributed by atoms with Crippen molar-refractivity contribution in [3.63, 3.8) is 0 Å². The minimum atomic E-state index is 0.772. The lowest BCUT2D eigenvalue weighted by molar-refractivity contribution is 1.38. The van der Waals surface area contributed by atoms with E-state index in [-0.39, 0.29) is 0 Å². The SMILES string of the molecule is c1cc2nc(c1)c1cccc(n1)c1cccc(n1)c1cccc(n1)c1cccc(n1)c1cccc2n1. The van der Waals surface area contributed by atoms with E-state index in [1.165, 1.54) is 0 Å². The van der Waals surface area contributed by atoms with Crippen molar-refractivity contribution in [2.75, 3.05) is 0 Å². The summed E-state index contributed by atoms with van der Waals surface area (Å²) >= 11 is 0. The molecule has 0 saturated carbocycles. The van der Waals surface area contributed by atoms with Crippen LogP contribution in [0, 0.1) is 0 Å². The molecule has 0 aliphatic rings. The van der Waals surface area contributed by atoms with Gasteiger partial charge in [-0.15, -0.1) is 0 Å². The number of hydrogen-bond acceptors (Lipinski definition) is 6. The van der Waals surface area contributed by atoms with E-state index >= 15 is 0 Å². The van der Waals surface area contributed by atoms with Crippen LogP contribution in [-0.4, -0.2) is 29.9 Å². The van der Waals surface area contributed by atoms with Gasteiger partial charge in [-0.3, -0.25) is 0 Å². The van der Waals surface area contributed by atoms with E-state index in [4.69, 9.17) is 29.9 Å². The second-order valence-electron chi connectivity index (χ2n) is 8.45. The molecule has 168 valence electrons. The van der Waals surface area contributed by atoms with Gasteiger partial charge in [0.25, 0.3) is 0 Å². The van der Waals surface area contributed by atoms with Crippen LogP contribution in [0.15, 0.2) is 109 Å². The van der Waals surface area contributed by atoms with Gasteiger partial charge in [0.05, 0.1) is 66.2 Å². The topological polar surface area (TPSA) is 77.3 Å². The molecule has 0 saturated heterocycles. The predicted molar refractivity (Wildman–Crippen MR) is 145 cm³/mol. The third kappa shape index (κ3) is 3.61. The molecule has 0 atom stereocenters. The summed E-state index contributed by atoms with van der Waals surface area (Å²) in [6, 6.07) is 35.4. The first kappa shape index (κ1) is 20.3. The lowest BCUT2D eigenvalue weighted by Gasteiger charge is -2.00. The van der Waals surface area contributed by atoms with Gasteiger partial charge >= 0.3 is 0 Å². The molecule has 7 aromatic rings. The molecule has 7 heterocycles. The molecule has 7 aromatic heterocycles. The second kappa shape index (κ2) is 8.29. The summed E-state index contributed by atoms with van der Waals surface area (Å²) in [6.45, 7) is 0. The lowest BCUT2D eigenvalue weighted by atomic mass is 10.2. The molecule has 0 aliphatic carbocycles. The Morgan fingerprint density at radius 1 is 0.194 bits per heavy atom. The molecular weight excluding hydrogens is 444 g/mol. The first-order valence-electron chi connectivity index (χ1n) is 11.6. The Labute approximate surface area is 205 Å². The highest BCUT2D eigenvalue weighted by Crippen LogP contribution is 2.18. The molecule has 0 unspecified atom stereocenters. The first-order chi connectivity index (χ1) is 17.8. The van der Waals surface area contributed by atoms with Crippen LogP contribution < -0.4 is 0 Å². The second-order valence-corrected chi connectivity index (χ2v) is 8.45. The summed E-state index contributed by atoms with van der Waals surface area (Å²) in [6.07, 6.45) is 0. The monoisotopic (exact) mass is 462 g/mol. The molecule has 0 spiro atoms. The van der Waals surface area contributed by atoms with Gasteiger partial charge in [0.2, 0.25) is 0 Å². The van der Waals surface area contributed by atoms with E-state index in [0.29, 0.717) is 0 Å². The van der Waals surface area contributed by atoms with Crippen molar-refractivity contribution in [3.05, 3.63) is 109 Å². The van der Waals surface area contributed by atoms with Crippen LogP contribution in [0.1, 0.15) is 0 Å². The van der Waals surface area contributed by atoms with E-state index in [0.717, 1.165) is 66.2 Å². The molecule has 0 N–H and O–H groups in total. The van der Waals surface area contributed by atoms with Gasteiger partial charge in [-0.1, -0.05) is 36.4 Å². The number of rotatable bonds is 0. The highest BCUT2D eigenvalue weighted by atomic mass is 14.8. The zero-order chi connectivity index (χ0) is 23.9. The average molecular weight is 463 g/mol. The van der Waals surface area contributed by atoms with E-state index in [1.54, 1.807) is 0 Å². The lowest BCUT2D eigenvalue weighted by Crippen LogP contribution is -1.87. The van der Waals surface area contributed by atoms with Crippen molar-refractivity contribution in [2.24, 2.45) is 0 Å². The van der Waals surface area contributed by atoms with E-state index in [1.807, 2.05) is 109 Å². The maximum atomic E-state index is 4.89. The summed E-state index contributed by atoms with van der Waals surface area (Å²) in [7, 11) is 0. The molecule has 0 amide bonds. The van der Waals surface area contributed by atoms with Crippen molar-refractivity contribution < 1.29 is 0 Å². The molecule has 0 aliphatic heterocycles. The Morgan fingerprint density at radius 3 is 0.417 bits per heavy atom. The van der Waals surface area contributed by atoms with Crippen molar-refractivity contribution in [1.82, 2.24) is 29.9 Å². The fourth-order valence-electron chi connectivity index (χ4n) is 4.32.